The Hall–Kier alpha value is -1.64. The highest BCUT2D eigenvalue weighted by Gasteiger charge is 2.29. The van der Waals surface area contributed by atoms with Crippen molar-refractivity contribution >= 4 is 0 Å². The van der Waals surface area contributed by atoms with E-state index in [9.17, 15) is 0 Å². The molecule has 1 heterocycles. The van der Waals surface area contributed by atoms with E-state index in [1.54, 1.807) is 0 Å². The first-order chi connectivity index (χ1) is 12.9. The van der Waals surface area contributed by atoms with Crippen LogP contribution in [0.5, 0.6) is 0 Å². The zero-order valence-corrected chi connectivity index (χ0v) is 15.8. The van der Waals surface area contributed by atoms with Crippen LogP contribution in [0.25, 0.3) is 0 Å². The number of nitrogens with one attached hydrogen (secondary N) is 1. The zero-order valence-electron chi connectivity index (χ0n) is 15.8. The first-order valence-electron chi connectivity index (χ1n) is 10.5. The highest BCUT2D eigenvalue weighted by Crippen LogP contribution is 2.29. The first-order valence-corrected chi connectivity index (χ1v) is 10.5. The molecule has 1 N–H and O–H groups in total. The van der Waals surface area contributed by atoms with Crippen LogP contribution in [0.3, 0.4) is 0 Å². The van der Waals surface area contributed by atoms with Gasteiger partial charge in [0.05, 0.1) is 6.04 Å². The molecule has 4 rings (SSSR count). The first kappa shape index (κ1) is 17.8. The highest BCUT2D eigenvalue weighted by molar-refractivity contribution is 5.31. The number of hydrogen-bond donors (Lipinski definition) is 1. The number of hydrogen-bond acceptors (Lipinski definition) is 2. The number of nitrogens with zero attached hydrogens (tertiary/aromatic N) is 1. The number of benzene rings is 2. The third kappa shape index (κ3) is 4.36. The van der Waals surface area contributed by atoms with Crippen LogP contribution in [0.2, 0.25) is 0 Å². The molecule has 1 saturated heterocycles. The van der Waals surface area contributed by atoms with Crippen molar-refractivity contribution in [3.8, 4) is 0 Å². The van der Waals surface area contributed by atoms with Gasteiger partial charge in [0.2, 0.25) is 0 Å². The van der Waals surface area contributed by atoms with Crippen molar-refractivity contribution in [1.82, 2.24) is 10.2 Å². The zero-order chi connectivity index (χ0) is 17.6. The van der Waals surface area contributed by atoms with Gasteiger partial charge < -0.3 is 10.2 Å². The van der Waals surface area contributed by atoms with Crippen LogP contribution in [0.4, 0.5) is 0 Å². The van der Waals surface area contributed by atoms with Gasteiger partial charge >= 0.3 is 0 Å². The van der Waals surface area contributed by atoms with Crippen molar-refractivity contribution in [3.63, 3.8) is 0 Å². The average Bonchev–Trinajstić information content (AvgIpc) is 2.74. The molecule has 2 atom stereocenters. The maximum Gasteiger partial charge on any atom is 0.0578 e. The van der Waals surface area contributed by atoms with Crippen LogP contribution in [0.1, 0.15) is 62.1 Å². The number of likely N-dealkylation sites (tertiary alicyclic amines) is 1. The molecule has 0 aromatic heterocycles. The minimum atomic E-state index is 0.294. The second-order valence-corrected chi connectivity index (χ2v) is 8.04. The molecule has 1 aliphatic carbocycles. The molecule has 2 aromatic carbocycles. The van der Waals surface area contributed by atoms with Gasteiger partial charge in [0.15, 0.2) is 0 Å². The Bertz CT molecular complexity index is 609. The van der Waals surface area contributed by atoms with E-state index in [4.69, 9.17) is 0 Å². The van der Waals surface area contributed by atoms with Gasteiger partial charge in [-0.2, -0.15) is 0 Å². The fraction of sp³-hybridized carbons (Fsp3) is 0.500. The summed E-state index contributed by atoms with van der Waals surface area (Å²) >= 11 is 0. The SMILES string of the molecule is c1ccc(C(NC2CCCC(N3CCCCC3)C2)c2ccccc2)cc1. The summed E-state index contributed by atoms with van der Waals surface area (Å²) in [4.78, 5) is 2.78. The summed E-state index contributed by atoms with van der Waals surface area (Å²) in [6.45, 7) is 2.64. The molecule has 1 saturated carbocycles. The van der Waals surface area contributed by atoms with Gasteiger partial charge in [0.1, 0.15) is 0 Å². The quantitative estimate of drug-likeness (QED) is 0.802. The molecule has 2 aromatic rings. The van der Waals surface area contributed by atoms with Crippen LogP contribution in [0.15, 0.2) is 60.7 Å². The molecule has 0 bridgehead atoms. The van der Waals surface area contributed by atoms with Crippen LogP contribution in [-0.2, 0) is 0 Å². The van der Waals surface area contributed by atoms with Gasteiger partial charge in [0.25, 0.3) is 0 Å². The Balaban J connectivity index is 1.48. The lowest BCUT2D eigenvalue weighted by molar-refractivity contribution is 0.115. The van der Waals surface area contributed by atoms with Crippen LogP contribution < -0.4 is 5.32 Å². The van der Waals surface area contributed by atoms with Gasteiger partial charge in [-0.1, -0.05) is 73.5 Å². The molecular formula is C24H32N2. The van der Waals surface area contributed by atoms with Crippen LogP contribution in [0, 0.1) is 0 Å². The van der Waals surface area contributed by atoms with E-state index >= 15 is 0 Å². The summed E-state index contributed by atoms with van der Waals surface area (Å²) in [5, 5.41) is 4.03. The predicted octanol–water partition coefficient (Wildman–Crippen LogP) is 5.16. The predicted molar refractivity (Wildman–Crippen MR) is 109 cm³/mol. The Kier molecular flexibility index (Phi) is 6.03. The Morgan fingerprint density at radius 1 is 0.731 bits per heavy atom. The highest BCUT2D eigenvalue weighted by atomic mass is 15.2. The fourth-order valence-electron chi connectivity index (χ4n) is 4.84. The molecule has 2 nitrogen and oxygen atoms in total. The molecule has 0 amide bonds. The molecule has 2 unspecified atom stereocenters. The normalized spacial score (nSPS) is 24.7. The topological polar surface area (TPSA) is 15.3 Å². The molecule has 2 heteroatoms. The molecule has 2 aliphatic rings. The fourth-order valence-corrected chi connectivity index (χ4v) is 4.84. The van der Waals surface area contributed by atoms with Gasteiger partial charge in [-0.25, -0.2) is 0 Å². The third-order valence-corrected chi connectivity index (χ3v) is 6.22. The standard InChI is InChI=1S/C24H32N2/c1-4-11-20(12-5-1)24(21-13-6-2-7-14-21)25-22-15-10-16-23(19-22)26-17-8-3-9-18-26/h1-2,4-7,11-14,22-25H,3,8-10,15-19H2. The number of piperidine rings is 1. The van der Waals surface area contributed by atoms with Gasteiger partial charge in [0, 0.05) is 12.1 Å². The maximum atomic E-state index is 4.03. The Morgan fingerprint density at radius 2 is 1.35 bits per heavy atom. The second-order valence-electron chi connectivity index (χ2n) is 8.04. The minimum absolute atomic E-state index is 0.294. The summed E-state index contributed by atoms with van der Waals surface area (Å²) in [6.07, 6.45) is 9.57. The van der Waals surface area contributed by atoms with Crippen molar-refractivity contribution in [1.29, 1.82) is 0 Å². The van der Waals surface area contributed by atoms with E-state index < -0.39 is 0 Å². The smallest absolute Gasteiger partial charge is 0.0578 e. The summed E-state index contributed by atoms with van der Waals surface area (Å²) in [5.74, 6) is 0. The molecule has 26 heavy (non-hydrogen) atoms. The third-order valence-electron chi connectivity index (χ3n) is 6.22. The molecule has 138 valence electrons. The molecule has 0 radical (unpaired) electrons. The summed E-state index contributed by atoms with van der Waals surface area (Å²) < 4.78 is 0. The average molecular weight is 349 g/mol. The minimum Gasteiger partial charge on any atom is -0.303 e. The van der Waals surface area contributed by atoms with E-state index in [1.807, 2.05) is 0 Å². The molecule has 0 spiro atoms. The van der Waals surface area contributed by atoms with E-state index in [2.05, 4.69) is 70.9 Å². The molecular weight excluding hydrogens is 316 g/mol. The lowest BCUT2D eigenvalue weighted by Gasteiger charge is -2.40. The van der Waals surface area contributed by atoms with Crippen molar-refractivity contribution in [2.24, 2.45) is 0 Å². The van der Waals surface area contributed by atoms with Crippen LogP contribution >= 0.6 is 0 Å². The second kappa shape index (κ2) is 8.83. The van der Waals surface area contributed by atoms with Gasteiger partial charge in [-0.05, 0) is 56.3 Å². The number of rotatable bonds is 5. The monoisotopic (exact) mass is 348 g/mol. The lowest BCUT2D eigenvalue weighted by atomic mass is 9.87. The van der Waals surface area contributed by atoms with E-state index in [0.29, 0.717) is 12.1 Å². The Morgan fingerprint density at radius 3 is 1.96 bits per heavy atom. The summed E-state index contributed by atoms with van der Waals surface area (Å²) in [5.41, 5.74) is 2.75. The summed E-state index contributed by atoms with van der Waals surface area (Å²) in [7, 11) is 0. The molecule has 2 fully saturated rings. The van der Waals surface area contributed by atoms with E-state index in [-0.39, 0.29) is 0 Å². The maximum absolute atomic E-state index is 4.03. The van der Waals surface area contributed by atoms with Crippen LogP contribution in [-0.4, -0.2) is 30.1 Å². The van der Waals surface area contributed by atoms with Crippen molar-refractivity contribution in [3.05, 3.63) is 71.8 Å². The van der Waals surface area contributed by atoms with Crippen molar-refractivity contribution in [2.75, 3.05) is 13.1 Å². The lowest BCUT2D eigenvalue weighted by Crippen LogP contribution is -2.47. The van der Waals surface area contributed by atoms with E-state index in [0.717, 1.165) is 6.04 Å². The van der Waals surface area contributed by atoms with Gasteiger partial charge in [-0.3, -0.25) is 0 Å². The molecule has 1 aliphatic heterocycles. The summed E-state index contributed by atoms with van der Waals surface area (Å²) in [6, 6.07) is 23.6. The van der Waals surface area contributed by atoms with E-state index in [1.165, 1.54) is 69.2 Å². The Labute approximate surface area is 158 Å². The van der Waals surface area contributed by atoms with Crippen molar-refractivity contribution in [2.45, 2.75) is 63.1 Å². The van der Waals surface area contributed by atoms with Crippen molar-refractivity contribution < 1.29 is 0 Å². The van der Waals surface area contributed by atoms with Gasteiger partial charge in [-0.15, -0.1) is 0 Å². The largest absolute Gasteiger partial charge is 0.303 e.